The fraction of sp³-hybridized carbons (Fsp3) is 0.892. The van der Waals surface area contributed by atoms with E-state index in [2.05, 4.69) is 6.58 Å². The van der Waals surface area contributed by atoms with Gasteiger partial charge in [-0.05, 0) is 39.8 Å². The van der Waals surface area contributed by atoms with Crippen LogP contribution in [0.3, 0.4) is 0 Å². The van der Waals surface area contributed by atoms with Crippen LogP contribution in [0.1, 0.15) is 27.7 Å². The monoisotopic (exact) mass is 1540 g/mol. The number of aliphatic hydroxyl groups excluding tert-OH is 1. The topological polar surface area (TPSA) is 306 Å². The Balaban J connectivity index is 1.72. The molecule has 0 amide bonds. The number of benzene rings is 1. The summed E-state index contributed by atoms with van der Waals surface area (Å²) < 4.78 is 174. The summed E-state index contributed by atoms with van der Waals surface area (Å²) in [4.78, 5) is 0. The zero-order chi connectivity index (χ0) is 75.9. The van der Waals surface area contributed by atoms with Gasteiger partial charge in [0.05, 0.1) is 394 Å². The minimum Gasteiger partial charge on any atom is -0.491 e. The normalized spacial score (nSPS) is 13.3. The lowest BCUT2D eigenvalue weighted by Gasteiger charge is -2.24. The van der Waals surface area contributed by atoms with Crippen molar-refractivity contribution in [2.45, 2.75) is 58.2 Å². The summed E-state index contributed by atoms with van der Waals surface area (Å²) in [5, 5.41) is 8.63. The quantitative estimate of drug-likeness (QED) is 0.0718. The van der Waals surface area contributed by atoms with Gasteiger partial charge in [-0.15, -0.1) is 6.58 Å². The third-order valence-electron chi connectivity index (χ3n) is 13.5. The Morgan fingerprint density at radius 2 is 0.453 bits per heavy atom. The first-order chi connectivity index (χ1) is 52.4. The first kappa shape index (κ1) is 102. The van der Waals surface area contributed by atoms with Gasteiger partial charge in [0, 0.05) is 0 Å². The third kappa shape index (κ3) is 82.5. The second-order valence-electron chi connectivity index (χ2n) is 22.9. The van der Waals surface area contributed by atoms with Crippen molar-refractivity contribution in [2.24, 2.45) is 0 Å². The van der Waals surface area contributed by atoms with Gasteiger partial charge in [0.25, 0.3) is 0 Å². The van der Waals surface area contributed by atoms with Crippen LogP contribution in [-0.4, -0.2) is 412 Å². The molecule has 0 aromatic heterocycles. The summed E-state index contributed by atoms with van der Waals surface area (Å²) in [6, 6.07) is 9.62. The lowest BCUT2D eigenvalue weighted by molar-refractivity contribution is -0.117. The van der Waals surface area contributed by atoms with Crippen LogP contribution < -0.4 is 4.74 Å². The molecule has 0 saturated carbocycles. The Morgan fingerprint density at radius 3 is 0.679 bits per heavy atom. The smallest absolute Gasteiger partial charge is 0.119 e. The molecule has 0 radical (unpaired) electrons. The predicted octanol–water partition coefficient (Wildman–Crippen LogP) is 3.66. The molecule has 0 spiro atoms. The lowest BCUT2D eigenvalue weighted by atomic mass is 10.3. The summed E-state index contributed by atoms with van der Waals surface area (Å²) >= 11 is 0. The van der Waals surface area contributed by atoms with Crippen molar-refractivity contribution in [1.82, 2.24) is 0 Å². The van der Waals surface area contributed by atoms with Crippen molar-refractivity contribution in [3.63, 3.8) is 0 Å². The number of ether oxygens (including phenoxy) is 31. The van der Waals surface area contributed by atoms with Gasteiger partial charge >= 0.3 is 0 Å². The van der Waals surface area contributed by atoms with Crippen molar-refractivity contribution in [2.75, 3.05) is 377 Å². The van der Waals surface area contributed by atoms with E-state index in [0.717, 1.165) is 5.75 Å². The van der Waals surface area contributed by atoms with E-state index in [9.17, 15) is 0 Å². The van der Waals surface area contributed by atoms with E-state index in [1.807, 2.05) is 58.0 Å². The molecule has 32 heteroatoms. The third-order valence-corrected chi connectivity index (χ3v) is 13.5. The molecule has 5 atom stereocenters. The van der Waals surface area contributed by atoms with Gasteiger partial charge in [0.15, 0.2) is 0 Å². The average Bonchev–Trinajstić information content (AvgIpc) is 1.01. The molecule has 0 bridgehead atoms. The molecular weight excluding hydrogens is 1400 g/mol. The minimum atomic E-state index is -0.319. The number of hydrogen-bond donors (Lipinski definition) is 1. The van der Waals surface area contributed by atoms with Gasteiger partial charge in [0.1, 0.15) is 18.5 Å². The largest absolute Gasteiger partial charge is 0.491 e. The minimum absolute atomic E-state index is 0.0156. The molecule has 0 aliphatic rings. The van der Waals surface area contributed by atoms with Gasteiger partial charge in [0.2, 0.25) is 0 Å². The standard InChI is InChI=1S/C74H140O32/c1-6-13-100-63-69(2)102-64-70(3)103-65-71(4)104-66-72(5)106-74(68-105-73-10-8-7-9-11-73)67-101-62-61-99-60-59-98-58-57-97-56-55-96-54-53-95-52-51-94-50-49-93-48-47-92-46-45-91-44-43-90-42-41-89-40-39-88-38-37-87-36-35-86-34-33-85-32-31-84-30-29-83-28-27-82-26-25-81-24-23-80-22-21-79-20-19-78-18-17-77-16-15-76-14-12-75/h6-11,69-72,74-75H,1,12-68H2,2-5H3. The van der Waals surface area contributed by atoms with Crippen molar-refractivity contribution < 1.29 is 152 Å². The summed E-state index contributed by atoms with van der Waals surface area (Å²) in [7, 11) is 0. The second kappa shape index (κ2) is 88.1. The van der Waals surface area contributed by atoms with E-state index in [4.69, 9.17) is 152 Å². The van der Waals surface area contributed by atoms with Crippen LogP contribution in [0.25, 0.3) is 0 Å². The first-order valence-corrected chi connectivity index (χ1v) is 37.9. The average molecular weight is 1540 g/mol. The van der Waals surface area contributed by atoms with Gasteiger partial charge < -0.3 is 152 Å². The van der Waals surface area contributed by atoms with Crippen molar-refractivity contribution >= 4 is 0 Å². The molecule has 0 heterocycles. The van der Waals surface area contributed by atoms with E-state index in [0.29, 0.717) is 370 Å². The number of aliphatic hydroxyl groups is 1. The van der Waals surface area contributed by atoms with E-state index in [1.165, 1.54) is 0 Å². The summed E-state index contributed by atoms with van der Waals surface area (Å²) in [5.41, 5.74) is 0. The molecule has 32 nitrogen and oxygen atoms in total. The van der Waals surface area contributed by atoms with Crippen molar-refractivity contribution in [3.8, 4) is 5.75 Å². The molecule has 0 saturated heterocycles. The highest BCUT2D eigenvalue weighted by Gasteiger charge is 2.18. The number of hydrogen-bond acceptors (Lipinski definition) is 32. The van der Waals surface area contributed by atoms with Gasteiger partial charge in [-0.1, -0.05) is 24.3 Å². The van der Waals surface area contributed by atoms with Crippen LogP contribution in [0.5, 0.6) is 5.75 Å². The maximum absolute atomic E-state index is 8.63. The highest BCUT2D eigenvalue weighted by molar-refractivity contribution is 5.20. The summed E-state index contributed by atoms with van der Waals surface area (Å²) in [5.74, 6) is 0.759. The van der Waals surface area contributed by atoms with Crippen LogP contribution in [0.15, 0.2) is 43.0 Å². The van der Waals surface area contributed by atoms with E-state index in [-0.39, 0.29) is 37.1 Å². The molecule has 1 aromatic rings. The van der Waals surface area contributed by atoms with Gasteiger partial charge in [-0.2, -0.15) is 0 Å². The molecule has 0 fully saturated rings. The van der Waals surface area contributed by atoms with Crippen molar-refractivity contribution in [1.29, 1.82) is 0 Å². The molecule has 1 aromatic carbocycles. The van der Waals surface area contributed by atoms with Gasteiger partial charge in [-0.3, -0.25) is 0 Å². The van der Waals surface area contributed by atoms with Crippen LogP contribution in [0.2, 0.25) is 0 Å². The van der Waals surface area contributed by atoms with E-state index in [1.54, 1.807) is 6.08 Å². The Morgan fingerprint density at radius 1 is 0.245 bits per heavy atom. The Hall–Kier alpha value is -2.48. The van der Waals surface area contributed by atoms with Gasteiger partial charge in [-0.25, -0.2) is 0 Å². The summed E-state index contributed by atoms with van der Waals surface area (Å²) in [6.45, 7) is 37.6. The highest BCUT2D eigenvalue weighted by Crippen LogP contribution is 2.12. The van der Waals surface area contributed by atoms with Crippen LogP contribution in [0, 0.1) is 0 Å². The van der Waals surface area contributed by atoms with Crippen LogP contribution >= 0.6 is 0 Å². The molecule has 0 aliphatic carbocycles. The zero-order valence-electron chi connectivity index (χ0n) is 65.0. The number of rotatable bonds is 94. The number of para-hydroxylation sites is 1. The first-order valence-electron chi connectivity index (χ1n) is 37.9. The molecule has 628 valence electrons. The molecule has 106 heavy (non-hydrogen) atoms. The Labute approximate surface area is 633 Å². The SMILES string of the molecule is C=CCOCC(C)OCC(C)OCC(C)OCC(C)OC(COCCOCCOCCOCCOCCOCCOCCOCCOCCOCCOCCOCCOCCOCCOCCOCCOCCOCCOCCOCCOCCOCCOCCOCCOCCO)COc1ccccc1. The fourth-order valence-electron chi connectivity index (χ4n) is 8.12. The van der Waals surface area contributed by atoms with E-state index < -0.39 is 0 Å². The molecule has 1 N–H and O–H groups in total. The Kier molecular flexibility index (Phi) is 84.4. The second-order valence-corrected chi connectivity index (χ2v) is 22.9. The highest BCUT2D eigenvalue weighted by atomic mass is 16.6. The summed E-state index contributed by atoms with van der Waals surface area (Å²) in [6.07, 6.45) is 0.952. The fourth-order valence-corrected chi connectivity index (χ4v) is 8.12. The molecule has 5 unspecified atom stereocenters. The molecular formula is C74H140O32. The maximum Gasteiger partial charge on any atom is 0.119 e. The van der Waals surface area contributed by atoms with Crippen molar-refractivity contribution in [3.05, 3.63) is 43.0 Å². The van der Waals surface area contributed by atoms with E-state index >= 15 is 0 Å². The molecule has 1 rings (SSSR count). The van der Waals surface area contributed by atoms with Crippen LogP contribution in [-0.2, 0) is 142 Å². The van der Waals surface area contributed by atoms with Crippen LogP contribution in [0.4, 0.5) is 0 Å². The zero-order valence-corrected chi connectivity index (χ0v) is 65.0. The lowest BCUT2D eigenvalue weighted by Crippen LogP contribution is -2.34. The maximum atomic E-state index is 8.63. The Bertz CT molecular complexity index is 1800. The molecule has 0 aliphatic heterocycles. The predicted molar refractivity (Wildman–Crippen MR) is 391 cm³/mol.